The molecule has 0 radical (unpaired) electrons. The second-order valence-corrected chi connectivity index (χ2v) is 6.39. The van der Waals surface area contributed by atoms with E-state index in [1.165, 1.54) is 23.1 Å². The van der Waals surface area contributed by atoms with Crippen molar-refractivity contribution in [1.82, 2.24) is 10.2 Å². The molecule has 0 amide bonds. The van der Waals surface area contributed by atoms with E-state index in [-0.39, 0.29) is 6.04 Å². The molecule has 0 aromatic heterocycles. The smallest absolute Gasteiger partial charge is 0.0605 e. The van der Waals surface area contributed by atoms with Crippen LogP contribution in [0.4, 0.5) is 0 Å². The maximum absolute atomic E-state index is 6.26. The minimum Gasteiger partial charge on any atom is -0.315 e. The van der Waals surface area contributed by atoms with Crippen molar-refractivity contribution in [2.24, 2.45) is 0 Å². The molecule has 0 bridgehead atoms. The van der Waals surface area contributed by atoms with Gasteiger partial charge in [-0.05, 0) is 48.7 Å². The fourth-order valence-corrected chi connectivity index (χ4v) is 3.48. The fourth-order valence-electron chi connectivity index (χ4n) is 3.28. The van der Waals surface area contributed by atoms with Crippen molar-refractivity contribution in [3.63, 3.8) is 0 Å². The van der Waals surface area contributed by atoms with E-state index in [0.29, 0.717) is 0 Å². The highest BCUT2D eigenvalue weighted by atomic mass is 35.5. The third-order valence-corrected chi connectivity index (χ3v) is 4.62. The summed E-state index contributed by atoms with van der Waals surface area (Å²) in [5, 5.41) is 4.30. The van der Waals surface area contributed by atoms with Crippen LogP contribution in [0.3, 0.4) is 0 Å². The van der Waals surface area contributed by atoms with Crippen LogP contribution in [0.15, 0.2) is 48.5 Å². The van der Waals surface area contributed by atoms with Crippen LogP contribution in [0.5, 0.6) is 0 Å². The normalized spacial score (nSPS) is 17.9. The molecular weight excluding hydrogens is 292 g/mol. The zero-order valence-electron chi connectivity index (χ0n) is 13.1. The summed E-state index contributed by atoms with van der Waals surface area (Å²) in [5.41, 5.74) is 4.00. The minimum absolute atomic E-state index is 0.278. The first-order valence-electron chi connectivity index (χ1n) is 8.01. The molecule has 1 aliphatic heterocycles. The number of nitrogens with one attached hydrogen (secondary N) is 1. The van der Waals surface area contributed by atoms with Gasteiger partial charge in [0.05, 0.1) is 6.04 Å². The van der Waals surface area contributed by atoms with Gasteiger partial charge in [-0.1, -0.05) is 48.0 Å². The Hall–Kier alpha value is -1.35. The molecule has 2 nitrogen and oxygen atoms in total. The molecular formula is C19H23ClN2. The average molecular weight is 315 g/mol. The monoisotopic (exact) mass is 314 g/mol. The van der Waals surface area contributed by atoms with Crippen molar-refractivity contribution < 1.29 is 0 Å². The molecule has 1 atom stereocenters. The highest BCUT2D eigenvalue weighted by Gasteiger charge is 2.24. The van der Waals surface area contributed by atoms with Crippen LogP contribution in [0.25, 0.3) is 0 Å². The lowest BCUT2D eigenvalue weighted by molar-refractivity contribution is 0.240. The number of hydrogen-bond donors (Lipinski definition) is 1. The van der Waals surface area contributed by atoms with Gasteiger partial charge in [-0.25, -0.2) is 0 Å². The lowest BCUT2D eigenvalue weighted by Crippen LogP contribution is -2.33. The Bertz CT molecular complexity index is 618. The van der Waals surface area contributed by atoms with Crippen molar-refractivity contribution in [2.45, 2.75) is 19.4 Å². The summed E-state index contributed by atoms with van der Waals surface area (Å²) in [6.07, 6.45) is 1.18. The van der Waals surface area contributed by atoms with E-state index in [9.17, 15) is 0 Å². The van der Waals surface area contributed by atoms with Crippen molar-refractivity contribution in [3.8, 4) is 0 Å². The van der Waals surface area contributed by atoms with Crippen LogP contribution in [0.2, 0.25) is 5.02 Å². The molecule has 0 spiro atoms. The lowest BCUT2D eigenvalue weighted by Gasteiger charge is -2.32. The Balaban J connectivity index is 2.03. The first-order chi connectivity index (χ1) is 10.8. The van der Waals surface area contributed by atoms with Crippen LogP contribution >= 0.6 is 11.6 Å². The maximum atomic E-state index is 6.26. The molecule has 0 saturated carbocycles. The Morgan fingerprint density at radius 3 is 2.73 bits per heavy atom. The summed E-state index contributed by atoms with van der Waals surface area (Å²) in [6, 6.07) is 17.3. The highest BCUT2D eigenvalue weighted by molar-refractivity contribution is 6.30. The second-order valence-electron chi connectivity index (χ2n) is 5.95. The molecule has 1 unspecified atom stereocenters. The van der Waals surface area contributed by atoms with Gasteiger partial charge in [-0.3, -0.25) is 4.90 Å². The SMILES string of the molecule is Cc1ccccc1C(c1cccc(Cl)c1)N1CCCNCC1. The summed E-state index contributed by atoms with van der Waals surface area (Å²) in [4.78, 5) is 2.58. The molecule has 2 aromatic rings. The number of aryl methyl sites for hydroxylation is 1. The van der Waals surface area contributed by atoms with E-state index in [1.807, 2.05) is 6.07 Å². The molecule has 1 N–H and O–H groups in total. The number of hydrogen-bond acceptors (Lipinski definition) is 2. The average Bonchev–Trinajstić information content (AvgIpc) is 2.79. The Kier molecular flexibility index (Phi) is 5.14. The molecule has 1 aliphatic rings. The summed E-state index contributed by atoms with van der Waals surface area (Å²) in [6.45, 7) is 6.52. The number of benzene rings is 2. The van der Waals surface area contributed by atoms with Crippen LogP contribution in [0, 0.1) is 6.92 Å². The predicted octanol–water partition coefficient (Wildman–Crippen LogP) is 4.03. The molecule has 2 aromatic carbocycles. The topological polar surface area (TPSA) is 15.3 Å². The van der Waals surface area contributed by atoms with Crippen molar-refractivity contribution in [2.75, 3.05) is 26.2 Å². The maximum Gasteiger partial charge on any atom is 0.0605 e. The van der Waals surface area contributed by atoms with Crippen molar-refractivity contribution in [3.05, 3.63) is 70.2 Å². The molecule has 0 aliphatic carbocycles. The van der Waals surface area contributed by atoms with Gasteiger partial charge in [0.2, 0.25) is 0 Å². The molecule has 116 valence electrons. The third kappa shape index (κ3) is 3.52. The molecule has 1 heterocycles. The summed E-state index contributed by atoms with van der Waals surface area (Å²) >= 11 is 6.26. The Morgan fingerprint density at radius 2 is 1.91 bits per heavy atom. The minimum atomic E-state index is 0.278. The van der Waals surface area contributed by atoms with E-state index < -0.39 is 0 Å². The number of nitrogens with zero attached hydrogens (tertiary/aromatic N) is 1. The van der Waals surface area contributed by atoms with E-state index in [2.05, 4.69) is 59.6 Å². The van der Waals surface area contributed by atoms with Crippen LogP contribution < -0.4 is 5.32 Å². The van der Waals surface area contributed by atoms with Gasteiger partial charge in [-0.2, -0.15) is 0 Å². The molecule has 3 heteroatoms. The molecule has 3 rings (SSSR count). The zero-order valence-corrected chi connectivity index (χ0v) is 13.8. The predicted molar refractivity (Wildman–Crippen MR) is 93.5 cm³/mol. The largest absolute Gasteiger partial charge is 0.315 e. The van der Waals surface area contributed by atoms with E-state index in [4.69, 9.17) is 11.6 Å². The Labute approximate surface area is 138 Å². The van der Waals surface area contributed by atoms with Crippen molar-refractivity contribution >= 4 is 11.6 Å². The van der Waals surface area contributed by atoms with Gasteiger partial charge in [0.15, 0.2) is 0 Å². The van der Waals surface area contributed by atoms with Gasteiger partial charge < -0.3 is 5.32 Å². The van der Waals surface area contributed by atoms with E-state index in [0.717, 1.165) is 31.2 Å². The van der Waals surface area contributed by atoms with Gasteiger partial charge >= 0.3 is 0 Å². The van der Waals surface area contributed by atoms with Crippen LogP contribution in [0.1, 0.15) is 29.2 Å². The Morgan fingerprint density at radius 1 is 1.05 bits per heavy atom. The highest BCUT2D eigenvalue weighted by Crippen LogP contribution is 2.32. The first-order valence-corrected chi connectivity index (χ1v) is 8.39. The van der Waals surface area contributed by atoms with Crippen LogP contribution in [-0.4, -0.2) is 31.1 Å². The van der Waals surface area contributed by atoms with Gasteiger partial charge in [0.1, 0.15) is 0 Å². The molecule has 1 fully saturated rings. The van der Waals surface area contributed by atoms with E-state index in [1.54, 1.807) is 0 Å². The molecule has 1 saturated heterocycles. The fraction of sp³-hybridized carbons (Fsp3) is 0.368. The number of halogens is 1. The lowest BCUT2D eigenvalue weighted by atomic mass is 9.93. The van der Waals surface area contributed by atoms with Gasteiger partial charge in [0.25, 0.3) is 0 Å². The number of rotatable bonds is 3. The van der Waals surface area contributed by atoms with E-state index >= 15 is 0 Å². The summed E-state index contributed by atoms with van der Waals surface area (Å²) < 4.78 is 0. The van der Waals surface area contributed by atoms with Gasteiger partial charge in [0, 0.05) is 24.7 Å². The van der Waals surface area contributed by atoms with Crippen molar-refractivity contribution in [1.29, 1.82) is 0 Å². The first kappa shape index (κ1) is 15.5. The quantitative estimate of drug-likeness (QED) is 0.920. The van der Waals surface area contributed by atoms with Gasteiger partial charge in [-0.15, -0.1) is 0 Å². The second kappa shape index (κ2) is 7.28. The summed E-state index contributed by atoms with van der Waals surface area (Å²) in [5.74, 6) is 0. The third-order valence-electron chi connectivity index (χ3n) is 4.39. The molecule has 22 heavy (non-hydrogen) atoms. The van der Waals surface area contributed by atoms with Crippen LogP contribution in [-0.2, 0) is 0 Å². The summed E-state index contributed by atoms with van der Waals surface area (Å²) in [7, 11) is 0. The standard InChI is InChI=1S/C19H23ClN2/c1-15-6-2-3-9-18(15)19(16-7-4-8-17(20)14-16)22-12-5-10-21-11-13-22/h2-4,6-9,14,19,21H,5,10-13H2,1H3. The zero-order chi connectivity index (χ0) is 15.4.